The van der Waals surface area contributed by atoms with Crippen LogP contribution in [0.2, 0.25) is 0 Å². The van der Waals surface area contributed by atoms with E-state index in [0.717, 1.165) is 15.6 Å². The third-order valence-electron chi connectivity index (χ3n) is 3.23. The number of carbonyl (C=O) groups excluding carboxylic acids is 2. The van der Waals surface area contributed by atoms with Gasteiger partial charge in [-0.15, -0.1) is 0 Å². The van der Waals surface area contributed by atoms with Crippen molar-refractivity contribution in [3.8, 4) is 0 Å². The topological polar surface area (TPSA) is 96.4 Å². The summed E-state index contributed by atoms with van der Waals surface area (Å²) >= 11 is 1.11. The van der Waals surface area contributed by atoms with Crippen molar-refractivity contribution < 1.29 is 18.0 Å². The van der Waals surface area contributed by atoms with E-state index in [4.69, 9.17) is 0 Å². The molecule has 1 aromatic heterocycles. The molecule has 0 atom stereocenters. The van der Waals surface area contributed by atoms with Gasteiger partial charge in [-0.3, -0.25) is 14.9 Å². The van der Waals surface area contributed by atoms with Crippen LogP contribution in [0.3, 0.4) is 0 Å². The molecule has 0 aliphatic carbocycles. The standard InChI is InChI=1S/C15H17N3O4S2/c1-9-13(10(2)19)23-15(16-9)17-14(20)11-5-7-12(8-6-11)24(21,22)18(3)4/h5-8H,1-4H3,(H,16,17,20). The van der Waals surface area contributed by atoms with E-state index in [1.165, 1.54) is 45.3 Å². The third kappa shape index (κ3) is 3.69. The van der Waals surface area contributed by atoms with Gasteiger partial charge >= 0.3 is 0 Å². The first-order chi connectivity index (χ1) is 11.1. The Morgan fingerprint density at radius 3 is 2.21 bits per heavy atom. The lowest BCUT2D eigenvalue weighted by molar-refractivity contribution is 0.101. The summed E-state index contributed by atoms with van der Waals surface area (Å²) in [5.74, 6) is -0.531. The maximum Gasteiger partial charge on any atom is 0.257 e. The van der Waals surface area contributed by atoms with E-state index in [2.05, 4.69) is 10.3 Å². The van der Waals surface area contributed by atoms with Gasteiger partial charge in [-0.2, -0.15) is 0 Å². The van der Waals surface area contributed by atoms with Crippen molar-refractivity contribution in [2.24, 2.45) is 0 Å². The van der Waals surface area contributed by atoms with Crippen LogP contribution in [0, 0.1) is 6.92 Å². The van der Waals surface area contributed by atoms with Crippen LogP contribution in [-0.4, -0.2) is 43.5 Å². The van der Waals surface area contributed by atoms with Crippen molar-refractivity contribution in [2.45, 2.75) is 18.7 Å². The Balaban J connectivity index is 2.19. The number of amides is 1. The number of sulfonamides is 1. The number of nitrogens with zero attached hydrogens (tertiary/aromatic N) is 2. The number of aryl methyl sites for hydroxylation is 1. The Morgan fingerprint density at radius 1 is 1.17 bits per heavy atom. The fraction of sp³-hybridized carbons (Fsp3) is 0.267. The zero-order valence-corrected chi connectivity index (χ0v) is 15.3. The summed E-state index contributed by atoms with van der Waals surface area (Å²) in [5, 5.41) is 2.94. The zero-order valence-electron chi connectivity index (χ0n) is 13.7. The number of rotatable bonds is 5. The molecule has 1 heterocycles. The van der Waals surface area contributed by atoms with Crippen molar-refractivity contribution in [3.05, 3.63) is 40.4 Å². The molecule has 2 aromatic rings. The van der Waals surface area contributed by atoms with E-state index >= 15 is 0 Å². The van der Waals surface area contributed by atoms with E-state index in [0.29, 0.717) is 21.3 Å². The summed E-state index contributed by atoms with van der Waals surface area (Å²) in [4.78, 5) is 28.4. The summed E-state index contributed by atoms with van der Waals surface area (Å²) in [5.41, 5.74) is 0.861. The Bertz CT molecular complexity index is 884. The van der Waals surface area contributed by atoms with E-state index < -0.39 is 15.9 Å². The average Bonchev–Trinajstić information content (AvgIpc) is 2.88. The molecule has 0 aliphatic rings. The molecule has 24 heavy (non-hydrogen) atoms. The number of nitrogens with one attached hydrogen (secondary N) is 1. The van der Waals surface area contributed by atoms with Crippen LogP contribution in [-0.2, 0) is 10.0 Å². The summed E-state index contributed by atoms with van der Waals surface area (Å²) < 4.78 is 25.1. The minimum absolute atomic E-state index is 0.105. The summed E-state index contributed by atoms with van der Waals surface area (Å²) in [6, 6.07) is 5.60. The molecule has 0 radical (unpaired) electrons. The van der Waals surface area contributed by atoms with Gasteiger partial charge in [0.25, 0.3) is 5.91 Å². The highest BCUT2D eigenvalue weighted by molar-refractivity contribution is 7.89. The molecule has 0 bridgehead atoms. The molecule has 0 spiro atoms. The smallest absolute Gasteiger partial charge is 0.257 e. The molecule has 0 unspecified atom stereocenters. The molecule has 0 saturated heterocycles. The molecular weight excluding hydrogens is 350 g/mol. The maximum atomic E-state index is 12.2. The van der Waals surface area contributed by atoms with E-state index in [1.54, 1.807) is 6.92 Å². The molecule has 0 aliphatic heterocycles. The number of carbonyl (C=O) groups is 2. The van der Waals surface area contributed by atoms with E-state index in [9.17, 15) is 18.0 Å². The number of Topliss-reactive ketones (excluding diaryl/α,β-unsaturated/α-hetero) is 1. The van der Waals surface area contributed by atoms with Crippen LogP contribution >= 0.6 is 11.3 Å². The van der Waals surface area contributed by atoms with Gasteiger partial charge < -0.3 is 0 Å². The molecule has 1 amide bonds. The van der Waals surface area contributed by atoms with Gasteiger partial charge in [0.2, 0.25) is 10.0 Å². The number of ketones is 1. The van der Waals surface area contributed by atoms with Gasteiger partial charge in [-0.25, -0.2) is 17.7 Å². The van der Waals surface area contributed by atoms with Crippen LogP contribution in [0.4, 0.5) is 5.13 Å². The predicted octanol–water partition coefficient (Wildman–Crippen LogP) is 2.16. The van der Waals surface area contributed by atoms with Gasteiger partial charge in [0.05, 0.1) is 15.5 Å². The number of anilines is 1. The summed E-state index contributed by atoms with van der Waals surface area (Å²) in [6.07, 6.45) is 0. The summed E-state index contributed by atoms with van der Waals surface area (Å²) in [6.45, 7) is 3.14. The van der Waals surface area contributed by atoms with Gasteiger partial charge in [-0.05, 0) is 31.2 Å². The first-order valence-electron chi connectivity index (χ1n) is 6.95. The first-order valence-corrected chi connectivity index (χ1v) is 9.21. The molecule has 7 nitrogen and oxygen atoms in total. The fourth-order valence-electron chi connectivity index (χ4n) is 1.93. The number of benzene rings is 1. The molecular formula is C15H17N3O4S2. The minimum atomic E-state index is -3.54. The normalized spacial score (nSPS) is 11.5. The van der Waals surface area contributed by atoms with Crippen molar-refractivity contribution in [1.29, 1.82) is 0 Å². The van der Waals surface area contributed by atoms with Gasteiger partial charge in [-0.1, -0.05) is 11.3 Å². The van der Waals surface area contributed by atoms with Crippen molar-refractivity contribution in [3.63, 3.8) is 0 Å². The van der Waals surface area contributed by atoms with Gasteiger partial charge in [0.15, 0.2) is 10.9 Å². The Hall–Kier alpha value is -2.10. The molecule has 0 saturated carbocycles. The second-order valence-electron chi connectivity index (χ2n) is 5.26. The SMILES string of the molecule is CC(=O)c1sc(NC(=O)c2ccc(S(=O)(=O)N(C)C)cc2)nc1C. The highest BCUT2D eigenvalue weighted by Gasteiger charge is 2.18. The van der Waals surface area contributed by atoms with Crippen LogP contribution in [0.15, 0.2) is 29.2 Å². The van der Waals surface area contributed by atoms with E-state index in [1.807, 2.05) is 0 Å². The Morgan fingerprint density at radius 2 is 1.75 bits per heavy atom. The second kappa shape index (κ2) is 6.80. The molecule has 0 fully saturated rings. The molecule has 2 rings (SSSR count). The largest absolute Gasteiger partial charge is 0.298 e. The van der Waals surface area contributed by atoms with Crippen LogP contribution < -0.4 is 5.32 Å². The average molecular weight is 367 g/mol. The quantitative estimate of drug-likeness (QED) is 0.817. The monoisotopic (exact) mass is 367 g/mol. The fourth-order valence-corrected chi connectivity index (χ4v) is 3.69. The Kier molecular flexibility index (Phi) is 5.16. The maximum absolute atomic E-state index is 12.2. The second-order valence-corrected chi connectivity index (χ2v) is 8.41. The number of hydrogen-bond donors (Lipinski definition) is 1. The van der Waals surface area contributed by atoms with Crippen molar-refractivity contribution in [1.82, 2.24) is 9.29 Å². The van der Waals surface area contributed by atoms with E-state index in [-0.39, 0.29) is 10.7 Å². The number of thiazole rings is 1. The predicted molar refractivity (Wildman–Crippen MR) is 92.1 cm³/mol. The van der Waals surface area contributed by atoms with Crippen LogP contribution in [0.1, 0.15) is 32.6 Å². The lowest BCUT2D eigenvalue weighted by atomic mass is 10.2. The molecule has 1 aromatic carbocycles. The van der Waals surface area contributed by atoms with Gasteiger partial charge in [0.1, 0.15) is 0 Å². The molecule has 128 valence electrons. The lowest BCUT2D eigenvalue weighted by Gasteiger charge is -2.11. The minimum Gasteiger partial charge on any atom is -0.298 e. The number of aromatic nitrogens is 1. The summed E-state index contributed by atoms with van der Waals surface area (Å²) in [7, 11) is -0.660. The van der Waals surface area contributed by atoms with Crippen LogP contribution in [0.5, 0.6) is 0 Å². The highest BCUT2D eigenvalue weighted by atomic mass is 32.2. The zero-order chi connectivity index (χ0) is 18.1. The third-order valence-corrected chi connectivity index (χ3v) is 6.23. The van der Waals surface area contributed by atoms with Crippen molar-refractivity contribution >= 4 is 38.2 Å². The lowest BCUT2D eigenvalue weighted by Crippen LogP contribution is -2.22. The van der Waals surface area contributed by atoms with Crippen LogP contribution in [0.25, 0.3) is 0 Å². The Labute approximate surface area is 144 Å². The van der Waals surface area contributed by atoms with Crippen molar-refractivity contribution in [2.75, 3.05) is 19.4 Å². The molecule has 1 N–H and O–H groups in total. The van der Waals surface area contributed by atoms with Gasteiger partial charge in [0, 0.05) is 26.6 Å². The molecule has 9 heteroatoms. The first kappa shape index (κ1) is 18.2. The highest BCUT2D eigenvalue weighted by Crippen LogP contribution is 2.23. The number of hydrogen-bond acceptors (Lipinski definition) is 6.